The fraction of sp³-hybridized carbons (Fsp3) is 0.139. The summed E-state index contributed by atoms with van der Waals surface area (Å²) in [5, 5.41) is 16.9. The van der Waals surface area contributed by atoms with Crippen LogP contribution in [0.3, 0.4) is 0 Å². The molecule has 0 aliphatic heterocycles. The van der Waals surface area contributed by atoms with Gasteiger partial charge in [-0.25, -0.2) is 0 Å². The molecule has 0 aliphatic rings. The number of nitriles is 1. The molecule has 45 heavy (non-hydrogen) atoms. The maximum absolute atomic E-state index is 11.2. The minimum atomic E-state index is -11.2. The normalized spacial score (nSPS) is 13.8. The van der Waals surface area contributed by atoms with E-state index in [0.29, 0.717) is 0 Å². The van der Waals surface area contributed by atoms with E-state index in [2.05, 4.69) is 116 Å². The van der Waals surface area contributed by atoms with Crippen molar-refractivity contribution in [2.24, 2.45) is 0 Å². The van der Waals surface area contributed by atoms with Crippen molar-refractivity contribution in [2.75, 3.05) is 5.75 Å². The van der Waals surface area contributed by atoms with Crippen LogP contribution in [0.5, 0.6) is 0 Å². The summed E-state index contributed by atoms with van der Waals surface area (Å²) in [5.41, 5.74) is 4.63. The first-order chi connectivity index (χ1) is 21.2. The Bertz CT molecular complexity index is 2020. The van der Waals surface area contributed by atoms with Crippen molar-refractivity contribution in [2.45, 2.75) is 30.4 Å². The number of nitrogens with zero attached hydrogens (tertiary/aromatic N) is 1. The molecule has 0 fully saturated rings. The number of rotatable bonds is 7. The van der Waals surface area contributed by atoms with Crippen LogP contribution in [0.2, 0.25) is 0 Å². The molecule has 232 valence electrons. The Hall–Kier alpha value is -3.66. The Morgan fingerprint density at radius 3 is 1.89 bits per heavy atom. The van der Waals surface area contributed by atoms with E-state index in [4.69, 9.17) is 0 Å². The van der Waals surface area contributed by atoms with Gasteiger partial charge in [0.25, 0.3) is 0 Å². The molecule has 6 rings (SSSR count). The molecule has 9 heteroatoms. The summed E-state index contributed by atoms with van der Waals surface area (Å²) in [7, 11) is 0.0961. The van der Waals surface area contributed by atoms with E-state index in [-0.39, 0.29) is 10.9 Å². The molecule has 0 aromatic heterocycles. The zero-order valence-electron chi connectivity index (χ0n) is 24.4. The number of unbranched alkanes of at least 4 members (excludes halogenated alkanes) is 1. The molecule has 1 nitrogen and oxygen atoms in total. The summed E-state index contributed by atoms with van der Waals surface area (Å²) in [4.78, 5) is 1.42. The molecule has 0 amide bonds. The van der Waals surface area contributed by atoms with E-state index in [1.165, 1.54) is 72.5 Å². The van der Waals surface area contributed by atoms with Crippen molar-refractivity contribution in [3.63, 3.8) is 0 Å². The van der Waals surface area contributed by atoms with Gasteiger partial charge in [-0.1, -0.05) is 86.1 Å². The second-order valence-corrected chi connectivity index (χ2v) is 18.5. The number of fused-ring (bicyclic) bond motifs is 3. The Morgan fingerprint density at radius 2 is 1.24 bits per heavy atom. The van der Waals surface area contributed by atoms with Crippen LogP contribution in [0.25, 0.3) is 43.4 Å². The predicted molar refractivity (Wildman–Crippen MR) is 177 cm³/mol. The number of halogens is 6. The van der Waals surface area contributed by atoms with Crippen molar-refractivity contribution in [1.29, 1.82) is 5.26 Å². The minimum absolute atomic E-state index is 0.0961. The molecule has 0 heterocycles. The van der Waals surface area contributed by atoms with Gasteiger partial charge >= 0.3 is 36.4 Å². The first-order valence-corrected chi connectivity index (χ1v) is 21.7. The van der Waals surface area contributed by atoms with E-state index >= 15 is 0 Å². The summed E-state index contributed by atoms with van der Waals surface area (Å²) >= 11 is -11.2. The van der Waals surface area contributed by atoms with Crippen LogP contribution in [-0.2, 0) is 16.6 Å². The standard InChI is InChI=1S/C36H30NS.6FH.Sb/c1-2-3-19-38(25-27-17-15-26(24-37)16-18-27)33-13-8-12-31(22-33)36-34-14-7-6-11-30(34)21-32-20-28-9-4-5-10-29(28)23-35(32)36;;;;;;;/h4-18,20-23H,2-3,19,25H2,1H3;6*1H;/q+1;;;;;;;+5/p-6. The third-order valence-electron chi connectivity index (χ3n) is 7.35. The summed E-state index contributed by atoms with van der Waals surface area (Å²) in [6, 6.07) is 44.1. The fourth-order valence-corrected chi connectivity index (χ4v) is 7.71. The van der Waals surface area contributed by atoms with E-state index in [1.807, 2.05) is 12.1 Å². The Morgan fingerprint density at radius 1 is 0.644 bits per heavy atom. The van der Waals surface area contributed by atoms with Crippen LogP contribution < -0.4 is 0 Å². The molecule has 0 spiro atoms. The van der Waals surface area contributed by atoms with Gasteiger partial charge in [-0.3, -0.25) is 0 Å². The van der Waals surface area contributed by atoms with Gasteiger partial charge in [0.15, 0.2) is 4.90 Å². The van der Waals surface area contributed by atoms with E-state index < -0.39 is 19.5 Å². The number of benzene rings is 6. The van der Waals surface area contributed by atoms with E-state index in [9.17, 15) is 22.1 Å². The van der Waals surface area contributed by atoms with Gasteiger partial charge in [-0.05, 0) is 86.3 Å². The Kier molecular flexibility index (Phi) is 8.92. The van der Waals surface area contributed by atoms with Crippen LogP contribution in [0.4, 0.5) is 16.9 Å². The summed E-state index contributed by atoms with van der Waals surface area (Å²) < 4.78 is 59.6. The SMILES string of the molecule is CCCC[S+](Cc1ccc(C#N)cc1)c1cccc(-c2c3ccccc3cc3cc4ccccc4cc23)c1.[F][Sb-]([F])([F])([F])([F])[F]. The number of hydrogen-bond acceptors (Lipinski definition) is 1. The van der Waals surface area contributed by atoms with Crippen LogP contribution in [-0.4, -0.2) is 25.2 Å². The third kappa shape index (κ3) is 9.19. The molecular formula is C36H30F6NSSb. The maximum atomic E-state index is 9.93. The van der Waals surface area contributed by atoms with Gasteiger partial charge < -0.3 is 0 Å². The van der Waals surface area contributed by atoms with Crippen LogP contribution in [0.15, 0.2) is 120 Å². The van der Waals surface area contributed by atoms with Gasteiger partial charge in [0.05, 0.1) is 11.6 Å². The van der Waals surface area contributed by atoms with Gasteiger partial charge in [0.2, 0.25) is 0 Å². The van der Waals surface area contributed by atoms with Crippen LogP contribution >= 0.6 is 0 Å². The third-order valence-corrected chi connectivity index (χ3v) is 9.74. The molecule has 0 radical (unpaired) electrons. The van der Waals surface area contributed by atoms with Crippen molar-refractivity contribution in [3.8, 4) is 17.2 Å². The zero-order chi connectivity index (χ0) is 32.3. The topological polar surface area (TPSA) is 23.8 Å². The molecule has 0 saturated heterocycles. The van der Waals surface area contributed by atoms with Gasteiger partial charge in [-0.2, -0.15) is 5.26 Å². The first kappa shape index (κ1) is 32.7. The van der Waals surface area contributed by atoms with Crippen molar-refractivity contribution in [3.05, 3.63) is 126 Å². The molecule has 0 N–H and O–H groups in total. The average Bonchev–Trinajstić information content (AvgIpc) is 2.99. The molecule has 0 saturated carbocycles. The number of hydrogen-bond donors (Lipinski definition) is 0. The second-order valence-electron chi connectivity index (χ2n) is 10.9. The molecule has 1 atom stereocenters. The molecule has 6 aromatic carbocycles. The van der Waals surface area contributed by atoms with Crippen molar-refractivity contribution >= 4 is 62.7 Å². The van der Waals surface area contributed by atoms with Gasteiger partial charge in [-0.15, -0.1) is 0 Å². The Labute approximate surface area is 263 Å². The van der Waals surface area contributed by atoms with Crippen LogP contribution in [0.1, 0.15) is 30.9 Å². The van der Waals surface area contributed by atoms with Crippen molar-refractivity contribution < 1.29 is 16.9 Å². The molecule has 0 aliphatic carbocycles. The van der Waals surface area contributed by atoms with E-state index in [1.54, 1.807) is 0 Å². The van der Waals surface area contributed by atoms with Crippen molar-refractivity contribution in [1.82, 2.24) is 0 Å². The second kappa shape index (κ2) is 12.3. The van der Waals surface area contributed by atoms with Gasteiger partial charge in [0.1, 0.15) is 11.5 Å². The monoisotopic (exact) mass is 743 g/mol. The quantitative estimate of drug-likeness (QED) is 0.0691. The fourth-order valence-electron chi connectivity index (χ4n) is 5.37. The molecule has 6 aromatic rings. The van der Waals surface area contributed by atoms with E-state index in [0.717, 1.165) is 11.3 Å². The summed E-state index contributed by atoms with van der Waals surface area (Å²) in [5.74, 6) is 2.19. The summed E-state index contributed by atoms with van der Waals surface area (Å²) in [6.07, 6.45) is 2.41. The van der Waals surface area contributed by atoms with Crippen LogP contribution in [0, 0.1) is 11.3 Å². The summed E-state index contributed by atoms with van der Waals surface area (Å²) in [6.45, 7) is 2.27. The first-order valence-electron chi connectivity index (χ1n) is 14.4. The van der Waals surface area contributed by atoms with Gasteiger partial charge in [0, 0.05) is 22.5 Å². The molecular weight excluding hydrogens is 714 g/mol. The average molecular weight is 744 g/mol. The zero-order valence-corrected chi connectivity index (χ0v) is 27.7. The molecule has 1 unspecified atom stereocenters. The predicted octanol–water partition coefficient (Wildman–Crippen LogP) is 11.8. The Balaban J connectivity index is 0.000000515. The molecule has 0 bridgehead atoms.